The molecule has 2 saturated carbocycles. The van der Waals surface area contributed by atoms with E-state index in [1.807, 2.05) is 6.07 Å². The first-order valence-corrected chi connectivity index (χ1v) is 7.86. The molecule has 0 spiro atoms. The molecular weight excluding hydrogens is 306 g/mol. The second-order valence-corrected chi connectivity index (χ2v) is 6.88. The third-order valence-electron chi connectivity index (χ3n) is 4.81. The van der Waals surface area contributed by atoms with Gasteiger partial charge in [-0.2, -0.15) is 0 Å². The molecular formula is C15H18BrNO2. The van der Waals surface area contributed by atoms with E-state index in [0.717, 1.165) is 33.4 Å². The van der Waals surface area contributed by atoms with Crippen LogP contribution in [0.5, 0.6) is 11.5 Å². The van der Waals surface area contributed by atoms with Crippen molar-refractivity contribution in [3.05, 3.63) is 22.2 Å². The van der Waals surface area contributed by atoms with E-state index < -0.39 is 0 Å². The van der Waals surface area contributed by atoms with E-state index in [4.69, 9.17) is 15.2 Å². The first kappa shape index (κ1) is 12.0. The second kappa shape index (κ2) is 4.38. The van der Waals surface area contributed by atoms with Gasteiger partial charge in [-0.15, -0.1) is 0 Å². The van der Waals surface area contributed by atoms with E-state index in [1.54, 1.807) is 0 Å². The van der Waals surface area contributed by atoms with Crippen molar-refractivity contribution in [2.45, 2.75) is 25.3 Å². The predicted octanol–water partition coefficient (Wildman–Crippen LogP) is 3.27. The van der Waals surface area contributed by atoms with Crippen molar-refractivity contribution in [3.63, 3.8) is 0 Å². The fourth-order valence-corrected chi connectivity index (χ4v) is 4.23. The Balaban J connectivity index is 1.62. The molecule has 0 radical (unpaired) electrons. The summed E-state index contributed by atoms with van der Waals surface area (Å²) >= 11 is 3.63. The number of benzene rings is 1. The quantitative estimate of drug-likeness (QED) is 0.908. The topological polar surface area (TPSA) is 44.5 Å². The van der Waals surface area contributed by atoms with Crippen molar-refractivity contribution in [1.82, 2.24) is 0 Å². The van der Waals surface area contributed by atoms with Crippen LogP contribution < -0.4 is 15.2 Å². The summed E-state index contributed by atoms with van der Waals surface area (Å²) in [7, 11) is 0. The van der Waals surface area contributed by atoms with Gasteiger partial charge in [-0.3, -0.25) is 0 Å². The van der Waals surface area contributed by atoms with Gasteiger partial charge in [0.2, 0.25) is 0 Å². The molecule has 4 heteroatoms. The summed E-state index contributed by atoms with van der Waals surface area (Å²) in [5.41, 5.74) is 7.65. The highest BCUT2D eigenvalue weighted by Crippen LogP contribution is 2.57. The number of halogens is 1. The number of nitrogens with two attached hydrogens (primary N) is 1. The van der Waals surface area contributed by atoms with E-state index >= 15 is 0 Å². The van der Waals surface area contributed by atoms with Gasteiger partial charge in [0.05, 0.1) is 0 Å². The van der Waals surface area contributed by atoms with Crippen LogP contribution in [0.25, 0.3) is 0 Å². The van der Waals surface area contributed by atoms with Gasteiger partial charge < -0.3 is 15.2 Å². The maximum absolute atomic E-state index is 6.49. The SMILES string of the molecule is NC(c1cc2c(cc1Br)OCCO2)C1CC2CC2C1. The summed E-state index contributed by atoms with van der Waals surface area (Å²) in [6.45, 7) is 1.24. The minimum atomic E-state index is 0.109. The number of hydrogen-bond donors (Lipinski definition) is 1. The minimum Gasteiger partial charge on any atom is -0.486 e. The molecule has 3 aliphatic rings. The van der Waals surface area contributed by atoms with E-state index in [0.29, 0.717) is 19.1 Å². The van der Waals surface area contributed by atoms with Crippen molar-refractivity contribution in [3.8, 4) is 11.5 Å². The van der Waals surface area contributed by atoms with Crippen LogP contribution in [0, 0.1) is 17.8 Å². The molecule has 3 nitrogen and oxygen atoms in total. The van der Waals surface area contributed by atoms with Crippen LogP contribution in [0.1, 0.15) is 30.9 Å². The van der Waals surface area contributed by atoms with Crippen molar-refractivity contribution in [1.29, 1.82) is 0 Å². The summed E-state index contributed by atoms with van der Waals surface area (Å²) in [6, 6.07) is 4.17. The van der Waals surface area contributed by atoms with Crippen molar-refractivity contribution >= 4 is 15.9 Å². The molecule has 0 amide bonds. The summed E-state index contributed by atoms with van der Waals surface area (Å²) in [5.74, 6) is 4.22. The van der Waals surface area contributed by atoms with Gasteiger partial charge in [0, 0.05) is 10.5 Å². The molecule has 1 heterocycles. The van der Waals surface area contributed by atoms with Crippen molar-refractivity contribution in [2.75, 3.05) is 13.2 Å². The van der Waals surface area contributed by atoms with Gasteiger partial charge in [0.25, 0.3) is 0 Å². The van der Waals surface area contributed by atoms with E-state index in [-0.39, 0.29) is 6.04 Å². The number of rotatable bonds is 2. The van der Waals surface area contributed by atoms with Gasteiger partial charge in [0.15, 0.2) is 11.5 Å². The van der Waals surface area contributed by atoms with Gasteiger partial charge in [-0.25, -0.2) is 0 Å². The average Bonchev–Trinajstić information content (AvgIpc) is 3.03. The normalized spacial score (nSPS) is 32.8. The molecule has 0 aromatic heterocycles. The lowest BCUT2D eigenvalue weighted by atomic mass is 9.89. The lowest BCUT2D eigenvalue weighted by Gasteiger charge is -2.25. The van der Waals surface area contributed by atoms with Gasteiger partial charge >= 0.3 is 0 Å². The Bertz CT molecular complexity index is 509. The molecule has 1 aromatic carbocycles. The fourth-order valence-electron chi connectivity index (χ4n) is 3.64. The first-order valence-electron chi connectivity index (χ1n) is 7.07. The average molecular weight is 324 g/mol. The largest absolute Gasteiger partial charge is 0.486 e. The Hall–Kier alpha value is -0.740. The third kappa shape index (κ3) is 2.05. The van der Waals surface area contributed by atoms with Crippen LogP contribution in [0.3, 0.4) is 0 Å². The molecule has 102 valence electrons. The molecule has 1 aliphatic heterocycles. The molecule has 2 aliphatic carbocycles. The van der Waals surface area contributed by atoms with Crippen LogP contribution in [0.4, 0.5) is 0 Å². The van der Waals surface area contributed by atoms with Gasteiger partial charge in [-0.1, -0.05) is 15.9 Å². The summed E-state index contributed by atoms with van der Waals surface area (Å²) < 4.78 is 12.3. The zero-order valence-corrected chi connectivity index (χ0v) is 12.4. The molecule has 4 rings (SSSR count). The number of fused-ring (bicyclic) bond motifs is 2. The lowest BCUT2D eigenvalue weighted by molar-refractivity contribution is 0.171. The second-order valence-electron chi connectivity index (χ2n) is 6.03. The van der Waals surface area contributed by atoms with E-state index in [1.165, 1.54) is 19.3 Å². The maximum Gasteiger partial charge on any atom is 0.162 e. The molecule has 19 heavy (non-hydrogen) atoms. The monoisotopic (exact) mass is 323 g/mol. The zero-order chi connectivity index (χ0) is 13.0. The smallest absolute Gasteiger partial charge is 0.162 e. The zero-order valence-electron chi connectivity index (χ0n) is 10.8. The van der Waals surface area contributed by atoms with Crippen LogP contribution in [0.2, 0.25) is 0 Å². The Labute approximate surface area is 121 Å². The number of hydrogen-bond acceptors (Lipinski definition) is 3. The van der Waals surface area contributed by atoms with Crippen molar-refractivity contribution in [2.24, 2.45) is 23.5 Å². The molecule has 0 bridgehead atoms. The van der Waals surface area contributed by atoms with Crippen LogP contribution in [-0.2, 0) is 0 Å². The highest BCUT2D eigenvalue weighted by Gasteiger charge is 2.47. The van der Waals surface area contributed by atoms with Crippen LogP contribution in [0.15, 0.2) is 16.6 Å². The van der Waals surface area contributed by atoms with Crippen molar-refractivity contribution < 1.29 is 9.47 Å². The summed E-state index contributed by atoms with van der Waals surface area (Å²) in [4.78, 5) is 0. The summed E-state index contributed by atoms with van der Waals surface area (Å²) in [5, 5.41) is 0. The Morgan fingerprint density at radius 2 is 1.68 bits per heavy atom. The first-order chi connectivity index (χ1) is 9.22. The molecule has 1 aromatic rings. The molecule has 3 unspecified atom stereocenters. The van der Waals surface area contributed by atoms with Gasteiger partial charge in [0.1, 0.15) is 13.2 Å². The Morgan fingerprint density at radius 1 is 1.05 bits per heavy atom. The Morgan fingerprint density at radius 3 is 2.37 bits per heavy atom. The van der Waals surface area contributed by atoms with E-state index in [9.17, 15) is 0 Å². The van der Waals surface area contributed by atoms with E-state index in [2.05, 4.69) is 22.0 Å². The third-order valence-corrected chi connectivity index (χ3v) is 5.50. The number of ether oxygens (including phenoxy) is 2. The highest BCUT2D eigenvalue weighted by molar-refractivity contribution is 9.10. The lowest BCUT2D eigenvalue weighted by Crippen LogP contribution is -2.22. The fraction of sp³-hybridized carbons (Fsp3) is 0.600. The molecule has 0 saturated heterocycles. The summed E-state index contributed by atoms with van der Waals surface area (Å²) in [6.07, 6.45) is 4.03. The predicted molar refractivity (Wildman–Crippen MR) is 76.4 cm³/mol. The van der Waals surface area contributed by atoms with Gasteiger partial charge in [-0.05, 0) is 54.7 Å². The van der Waals surface area contributed by atoms with Crippen LogP contribution in [-0.4, -0.2) is 13.2 Å². The standard InChI is InChI=1S/C15H18BrNO2/c16-12-7-14-13(18-1-2-19-14)6-11(12)15(17)10-4-8-3-9(8)5-10/h6-10,15H,1-5,17H2. The Kier molecular flexibility index (Phi) is 2.78. The molecule has 2 N–H and O–H groups in total. The maximum atomic E-state index is 6.49. The molecule has 2 fully saturated rings. The van der Waals surface area contributed by atoms with Crippen LogP contribution >= 0.6 is 15.9 Å². The molecule has 3 atom stereocenters. The highest BCUT2D eigenvalue weighted by atomic mass is 79.9. The minimum absolute atomic E-state index is 0.109.